The molecule has 0 amide bonds. The molecule has 19 heavy (non-hydrogen) atoms. The summed E-state index contributed by atoms with van der Waals surface area (Å²) in [5.74, 6) is 0.246. The molecule has 1 aliphatic rings. The summed E-state index contributed by atoms with van der Waals surface area (Å²) < 4.78 is 27.5. The molecule has 0 unspecified atom stereocenters. The van der Waals surface area contributed by atoms with Crippen LogP contribution in [0.15, 0.2) is 33.6 Å². The number of sulfonamides is 1. The van der Waals surface area contributed by atoms with Crippen molar-refractivity contribution in [1.82, 2.24) is 4.31 Å². The summed E-state index contributed by atoms with van der Waals surface area (Å²) in [7, 11) is -3.40. The number of halogens is 1. The van der Waals surface area contributed by atoms with E-state index >= 15 is 0 Å². The van der Waals surface area contributed by atoms with Crippen LogP contribution in [0.25, 0.3) is 0 Å². The zero-order valence-electron chi connectivity index (χ0n) is 10.9. The highest BCUT2D eigenvalue weighted by Gasteiger charge is 2.31. The average Bonchev–Trinajstić information content (AvgIpc) is 2.39. The molecule has 0 bridgehead atoms. The second-order valence-electron chi connectivity index (χ2n) is 5.08. The maximum absolute atomic E-state index is 12.6. The summed E-state index contributed by atoms with van der Waals surface area (Å²) in [5, 5.41) is 0. The van der Waals surface area contributed by atoms with Gasteiger partial charge in [-0.3, -0.25) is 0 Å². The van der Waals surface area contributed by atoms with Gasteiger partial charge in [-0.25, -0.2) is 8.42 Å². The van der Waals surface area contributed by atoms with E-state index < -0.39 is 10.0 Å². The first-order valence-corrected chi connectivity index (χ1v) is 8.66. The maximum atomic E-state index is 12.6. The Labute approximate surface area is 123 Å². The minimum Gasteiger partial charge on any atom is -0.328 e. The molecule has 0 aromatic heterocycles. The third-order valence-corrected chi connectivity index (χ3v) is 5.95. The number of piperidine rings is 1. The normalized spacial score (nSPS) is 23.2. The summed E-state index contributed by atoms with van der Waals surface area (Å²) >= 11 is 3.31. The standard InChI is InChI=1S/C13H19BrN2O2S/c1-10(15)11-4-3-7-16(9-11)19(17,18)13-6-2-5-12(14)8-13/h2,5-6,8,10-11H,3-4,7,9,15H2,1H3/t10-,11+/m0/s1. The van der Waals surface area contributed by atoms with E-state index in [0.29, 0.717) is 18.0 Å². The van der Waals surface area contributed by atoms with Crippen molar-refractivity contribution in [2.45, 2.75) is 30.7 Å². The molecule has 1 heterocycles. The molecule has 0 saturated carbocycles. The predicted octanol–water partition coefficient (Wildman–Crippen LogP) is 2.20. The molecule has 1 aromatic rings. The summed E-state index contributed by atoms with van der Waals surface area (Å²) in [6.45, 7) is 3.05. The zero-order chi connectivity index (χ0) is 14.0. The van der Waals surface area contributed by atoms with Gasteiger partial charge in [0.15, 0.2) is 0 Å². The number of hydrogen-bond donors (Lipinski definition) is 1. The third kappa shape index (κ3) is 3.37. The minimum absolute atomic E-state index is 0.0282. The Hall–Kier alpha value is -0.430. The monoisotopic (exact) mass is 346 g/mol. The van der Waals surface area contributed by atoms with Gasteiger partial charge in [-0.05, 0) is 43.9 Å². The second-order valence-corrected chi connectivity index (χ2v) is 7.94. The average molecular weight is 347 g/mol. The van der Waals surface area contributed by atoms with Crippen molar-refractivity contribution in [3.05, 3.63) is 28.7 Å². The fourth-order valence-electron chi connectivity index (χ4n) is 2.40. The lowest BCUT2D eigenvalue weighted by atomic mass is 9.93. The Morgan fingerprint density at radius 2 is 2.21 bits per heavy atom. The van der Waals surface area contributed by atoms with Gasteiger partial charge in [0.1, 0.15) is 0 Å². The molecule has 6 heteroatoms. The lowest BCUT2D eigenvalue weighted by molar-refractivity contribution is 0.243. The first kappa shape index (κ1) is 15.0. The molecule has 0 radical (unpaired) electrons. The van der Waals surface area contributed by atoms with Crippen LogP contribution in [0.4, 0.5) is 0 Å². The summed E-state index contributed by atoms with van der Waals surface area (Å²) in [5.41, 5.74) is 5.91. The van der Waals surface area contributed by atoms with Crippen molar-refractivity contribution in [2.24, 2.45) is 11.7 Å². The van der Waals surface area contributed by atoms with E-state index in [-0.39, 0.29) is 12.0 Å². The van der Waals surface area contributed by atoms with Gasteiger partial charge < -0.3 is 5.73 Å². The van der Waals surface area contributed by atoms with Gasteiger partial charge in [0.2, 0.25) is 10.0 Å². The van der Waals surface area contributed by atoms with Crippen LogP contribution >= 0.6 is 15.9 Å². The number of nitrogens with zero attached hydrogens (tertiary/aromatic N) is 1. The van der Waals surface area contributed by atoms with Crippen molar-refractivity contribution in [3.63, 3.8) is 0 Å². The Morgan fingerprint density at radius 3 is 2.84 bits per heavy atom. The van der Waals surface area contributed by atoms with Crippen LogP contribution in [0.3, 0.4) is 0 Å². The molecule has 1 aromatic carbocycles. The first-order chi connectivity index (χ1) is 8.91. The zero-order valence-corrected chi connectivity index (χ0v) is 13.3. The molecule has 1 aliphatic heterocycles. The second kappa shape index (κ2) is 5.91. The Morgan fingerprint density at radius 1 is 1.47 bits per heavy atom. The van der Waals surface area contributed by atoms with E-state index in [4.69, 9.17) is 5.73 Å². The fraction of sp³-hybridized carbons (Fsp3) is 0.538. The molecular formula is C13H19BrN2O2S. The molecule has 2 rings (SSSR count). The van der Waals surface area contributed by atoms with Crippen molar-refractivity contribution in [2.75, 3.05) is 13.1 Å². The van der Waals surface area contributed by atoms with E-state index in [0.717, 1.165) is 17.3 Å². The van der Waals surface area contributed by atoms with Gasteiger partial charge in [0, 0.05) is 23.6 Å². The van der Waals surface area contributed by atoms with Crippen molar-refractivity contribution < 1.29 is 8.42 Å². The van der Waals surface area contributed by atoms with Crippen molar-refractivity contribution in [3.8, 4) is 0 Å². The van der Waals surface area contributed by atoms with Gasteiger partial charge in [-0.15, -0.1) is 0 Å². The summed E-state index contributed by atoms with van der Waals surface area (Å²) in [4.78, 5) is 0.340. The van der Waals surface area contributed by atoms with E-state index in [1.165, 1.54) is 0 Å². The van der Waals surface area contributed by atoms with E-state index in [9.17, 15) is 8.42 Å². The van der Waals surface area contributed by atoms with Crippen LogP contribution in [-0.4, -0.2) is 31.9 Å². The largest absolute Gasteiger partial charge is 0.328 e. The summed E-state index contributed by atoms with van der Waals surface area (Å²) in [6.07, 6.45) is 1.88. The topological polar surface area (TPSA) is 63.4 Å². The third-order valence-electron chi connectivity index (χ3n) is 3.60. The SMILES string of the molecule is C[C@H](N)[C@@H]1CCCN(S(=O)(=O)c2cccc(Br)c2)C1. The minimum atomic E-state index is -3.40. The molecule has 0 aliphatic carbocycles. The lowest BCUT2D eigenvalue weighted by Crippen LogP contribution is -2.44. The molecule has 1 saturated heterocycles. The van der Waals surface area contributed by atoms with Crippen LogP contribution in [0.5, 0.6) is 0 Å². The Kier molecular flexibility index (Phi) is 4.66. The Balaban J connectivity index is 2.24. The van der Waals surface area contributed by atoms with Crippen LogP contribution in [-0.2, 0) is 10.0 Å². The number of rotatable bonds is 3. The van der Waals surface area contributed by atoms with Gasteiger partial charge >= 0.3 is 0 Å². The molecular weight excluding hydrogens is 328 g/mol. The maximum Gasteiger partial charge on any atom is 0.243 e. The van der Waals surface area contributed by atoms with Crippen molar-refractivity contribution in [1.29, 1.82) is 0 Å². The van der Waals surface area contributed by atoms with Gasteiger partial charge in [0.25, 0.3) is 0 Å². The molecule has 2 N–H and O–H groups in total. The lowest BCUT2D eigenvalue weighted by Gasteiger charge is -2.33. The highest BCUT2D eigenvalue weighted by atomic mass is 79.9. The van der Waals surface area contributed by atoms with Crippen LogP contribution in [0, 0.1) is 5.92 Å². The van der Waals surface area contributed by atoms with Crippen molar-refractivity contribution >= 4 is 26.0 Å². The molecule has 1 fully saturated rings. The number of benzene rings is 1. The Bertz CT molecular complexity index is 545. The smallest absolute Gasteiger partial charge is 0.243 e. The quantitative estimate of drug-likeness (QED) is 0.912. The van der Waals surface area contributed by atoms with Gasteiger partial charge in [-0.1, -0.05) is 22.0 Å². The number of nitrogens with two attached hydrogens (primary N) is 1. The van der Waals surface area contributed by atoms with E-state index in [1.54, 1.807) is 22.5 Å². The molecule has 4 nitrogen and oxygen atoms in total. The van der Waals surface area contributed by atoms with Gasteiger partial charge in [0.05, 0.1) is 4.90 Å². The molecule has 106 valence electrons. The van der Waals surface area contributed by atoms with E-state index in [2.05, 4.69) is 15.9 Å². The fourth-order valence-corrected chi connectivity index (χ4v) is 4.53. The van der Waals surface area contributed by atoms with Crippen LogP contribution < -0.4 is 5.73 Å². The molecule has 2 atom stereocenters. The highest BCUT2D eigenvalue weighted by molar-refractivity contribution is 9.10. The van der Waals surface area contributed by atoms with E-state index in [1.807, 2.05) is 13.0 Å². The number of hydrogen-bond acceptors (Lipinski definition) is 3. The predicted molar refractivity (Wildman–Crippen MR) is 79.3 cm³/mol. The molecule has 0 spiro atoms. The van der Waals surface area contributed by atoms with Crippen LogP contribution in [0.2, 0.25) is 0 Å². The highest BCUT2D eigenvalue weighted by Crippen LogP contribution is 2.26. The summed E-state index contributed by atoms with van der Waals surface area (Å²) in [6, 6.07) is 6.87. The first-order valence-electron chi connectivity index (χ1n) is 6.42. The van der Waals surface area contributed by atoms with Crippen LogP contribution in [0.1, 0.15) is 19.8 Å². The van der Waals surface area contributed by atoms with Gasteiger partial charge in [-0.2, -0.15) is 4.31 Å².